The lowest BCUT2D eigenvalue weighted by atomic mass is 10.2. The van der Waals surface area contributed by atoms with Gasteiger partial charge in [-0.25, -0.2) is 0 Å². The molecule has 0 heterocycles. The van der Waals surface area contributed by atoms with E-state index in [0.29, 0.717) is 0 Å². The first-order valence-electron chi connectivity index (χ1n) is 7.03. The first-order valence-corrected chi connectivity index (χ1v) is 8.98. The lowest BCUT2D eigenvalue weighted by Gasteiger charge is -2.08. The Hall–Kier alpha value is -1.79. The lowest BCUT2D eigenvalue weighted by molar-refractivity contribution is -0.114. The van der Waals surface area contributed by atoms with Gasteiger partial charge in [0.15, 0.2) is 0 Å². The molecule has 0 atom stereocenters. The van der Waals surface area contributed by atoms with Crippen LogP contribution < -0.4 is 10.6 Å². The van der Waals surface area contributed by atoms with E-state index in [1.54, 1.807) is 0 Å². The molecule has 2 N–H and O–H groups in total. The van der Waals surface area contributed by atoms with E-state index in [-0.39, 0.29) is 23.3 Å². The van der Waals surface area contributed by atoms with Gasteiger partial charge in [0.25, 0.3) is 0 Å². The molecule has 23 heavy (non-hydrogen) atoms. The van der Waals surface area contributed by atoms with Crippen LogP contribution in [0.4, 0.5) is 11.4 Å². The molecular weight excluding hydrogens is 376 g/mol. The average Bonchev–Trinajstić information content (AvgIpc) is 2.49. The van der Waals surface area contributed by atoms with Gasteiger partial charge >= 0.3 is 0 Å². The van der Waals surface area contributed by atoms with Crippen LogP contribution in [-0.2, 0) is 9.59 Å². The number of hydrogen-bond acceptors (Lipinski definition) is 3. The van der Waals surface area contributed by atoms with Gasteiger partial charge in [0.1, 0.15) is 0 Å². The summed E-state index contributed by atoms with van der Waals surface area (Å²) in [6, 6.07) is 15.0. The highest BCUT2D eigenvalue weighted by atomic mass is 79.9. The van der Waals surface area contributed by atoms with E-state index in [0.717, 1.165) is 21.4 Å². The molecule has 0 radical (unpaired) electrons. The number of hydrogen-bond donors (Lipinski definition) is 2. The molecule has 0 bridgehead atoms. The molecule has 120 valence electrons. The quantitative estimate of drug-likeness (QED) is 0.778. The number of nitrogens with one attached hydrogen (secondary N) is 2. The Labute approximate surface area is 148 Å². The van der Waals surface area contributed by atoms with Gasteiger partial charge in [0.2, 0.25) is 11.8 Å². The predicted molar refractivity (Wildman–Crippen MR) is 99.9 cm³/mol. The number of carbonyl (C=O) groups excluding carboxylic acids is 2. The van der Waals surface area contributed by atoms with Crippen molar-refractivity contribution < 1.29 is 9.59 Å². The summed E-state index contributed by atoms with van der Waals surface area (Å²) in [6.45, 7) is 1.97. The van der Waals surface area contributed by atoms with Crippen LogP contribution in [-0.4, -0.2) is 23.3 Å². The molecule has 2 rings (SSSR count). The standard InChI is InChI=1S/C17H17BrN2O2S/c1-12-5-4-6-13(9-12)19-16(21)10-23-11-17(22)20-15-8-3-2-7-14(15)18/h2-9H,10-11H2,1H3,(H,19,21)(H,20,22). The van der Waals surface area contributed by atoms with Gasteiger partial charge in [-0.3, -0.25) is 9.59 Å². The van der Waals surface area contributed by atoms with E-state index < -0.39 is 0 Å². The average molecular weight is 393 g/mol. The number of para-hydroxylation sites is 1. The van der Waals surface area contributed by atoms with E-state index >= 15 is 0 Å². The van der Waals surface area contributed by atoms with Crippen molar-refractivity contribution in [1.82, 2.24) is 0 Å². The minimum atomic E-state index is -0.134. The Morgan fingerprint density at radius 1 is 1.00 bits per heavy atom. The predicted octanol–water partition coefficient (Wildman–Crippen LogP) is 4.07. The molecule has 0 fully saturated rings. The van der Waals surface area contributed by atoms with E-state index in [1.807, 2.05) is 55.5 Å². The maximum atomic E-state index is 11.9. The Kier molecular flexibility index (Phi) is 6.67. The maximum Gasteiger partial charge on any atom is 0.234 e. The van der Waals surface area contributed by atoms with Gasteiger partial charge in [-0.1, -0.05) is 24.3 Å². The van der Waals surface area contributed by atoms with Crippen molar-refractivity contribution in [3.05, 3.63) is 58.6 Å². The molecule has 0 saturated heterocycles. The first-order chi connectivity index (χ1) is 11.0. The maximum absolute atomic E-state index is 11.9. The molecule has 0 aliphatic rings. The summed E-state index contributed by atoms with van der Waals surface area (Å²) in [7, 11) is 0. The molecule has 0 spiro atoms. The number of benzene rings is 2. The minimum Gasteiger partial charge on any atom is -0.325 e. The van der Waals surface area contributed by atoms with E-state index in [1.165, 1.54) is 11.8 Å². The molecule has 4 nitrogen and oxygen atoms in total. The molecular formula is C17H17BrN2O2S. The summed E-state index contributed by atoms with van der Waals surface area (Å²) in [5.41, 5.74) is 2.58. The number of halogens is 1. The van der Waals surface area contributed by atoms with Crippen molar-refractivity contribution in [2.24, 2.45) is 0 Å². The third-order valence-electron chi connectivity index (χ3n) is 2.92. The molecule has 2 amide bonds. The minimum absolute atomic E-state index is 0.116. The second-order valence-electron chi connectivity index (χ2n) is 4.94. The third-order valence-corrected chi connectivity index (χ3v) is 4.54. The molecule has 0 saturated carbocycles. The van der Waals surface area contributed by atoms with Crippen LogP contribution in [0.25, 0.3) is 0 Å². The van der Waals surface area contributed by atoms with Crippen molar-refractivity contribution in [2.75, 3.05) is 22.1 Å². The molecule has 0 aromatic heterocycles. The fourth-order valence-corrected chi connectivity index (χ4v) is 2.91. The number of carbonyl (C=O) groups is 2. The van der Waals surface area contributed by atoms with E-state index in [9.17, 15) is 9.59 Å². The van der Waals surface area contributed by atoms with Gasteiger partial charge in [-0.05, 0) is 52.7 Å². The Morgan fingerprint density at radius 2 is 1.70 bits per heavy atom. The first kappa shape index (κ1) is 17.6. The van der Waals surface area contributed by atoms with Crippen LogP contribution in [0.2, 0.25) is 0 Å². The zero-order chi connectivity index (χ0) is 16.7. The largest absolute Gasteiger partial charge is 0.325 e. The fraction of sp³-hybridized carbons (Fsp3) is 0.176. The topological polar surface area (TPSA) is 58.2 Å². The molecule has 6 heteroatoms. The Bertz CT molecular complexity index is 706. The molecule has 2 aromatic carbocycles. The van der Waals surface area contributed by atoms with Crippen molar-refractivity contribution in [2.45, 2.75) is 6.92 Å². The van der Waals surface area contributed by atoms with E-state index in [2.05, 4.69) is 26.6 Å². The molecule has 0 aliphatic carbocycles. The van der Waals surface area contributed by atoms with Gasteiger partial charge in [-0.2, -0.15) is 0 Å². The SMILES string of the molecule is Cc1cccc(NC(=O)CSCC(=O)Nc2ccccc2Br)c1. The van der Waals surface area contributed by atoms with Crippen LogP contribution >= 0.6 is 27.7 Å². The highest BCUT2D eigenvalue weighted by Gasteiger charge is 2.08. The van der Waals surface area contributed by atoms with Gasteiger partial charge in [0, 0.05) is 10.2 Å². The van der Waals surface area contributed by atoms with Crippen LogP contribution in [0.15, 0.2) is 53.0 Å². The van der Waals surface area contributed by atoms with Gasteiger partial charge in [-0.15, -0.1) is 11.8 Å². The number of amides is 2. The highest BCUT2D eigenvalue weighted by Crippen LogP contribution is 2.21. The van der Waals surface area contributed by atoms with Crippen molar-refractivity contribution in [3.63, 3.8) is 0 Å². The summed E-state index contributed by atoms with van der Waals surface area (Å²) in [5, 5.41) is 5.62. The summed E-state index contributed by atoms with van der Waals surface area (Å²) in [6.07, 6.45) is 0. The van der Waals surface area contributed by atoms with Crippen molar-refractivity contribution >= 4 is 50.9 Å². The van der Waals surface area contributed by atoms with Crippen molar-refractivity contribution in [3.8, 4) is 0 Å². The summed E-state index contributed by atoms with van der Waals surface area (Å²) in [4.78, 5) is 23.7. The summed E-state index contributed by atoms with van der Waals surface area (Å²) in [5.74, 6) is 0.208. The lowest BCUT2D eigenvalue weighted by Crippen LogP contribution is -2.18. The van der Waals surface area contributed by atoms with E-state index in [4.69, 9.17) is 0 Å². The number of aryl methyl sites for hydroxylation is 1. The smallest absolute Gasteiger partial charge is 0.234 e. The monoisotopic (exact) mass is 392 g/mol. The number of rotatable bonds is 6. The third kappa shape index (κ3) is 6.08. The van der Waals surface area contributed by atoms with Crippen LogP contribution in [0, 0.1) is 6.92 Å². The van der Waals surface area contributed by atoms with Crippen LogP contribution in [0.3, 0.4) is 0 Å². The number of thioether (sulfide) groups is 1. The van der Waals surface area contributed by atoms with Crippen LogP contribution in [0.5, 0.6) is 0 Å². The zero-order valence-corrected chi connectivity index (χ0v) is 15.0. The number of anilines is 2. The molecule has 0 unspecified atom stereocenters. The van der Waals surface area contributed by atoms with Crippen molar-refractivity contribution in [1.29, 1.82) is 0 Å². The summed E-state index contributed by atoms with van der Waals surface area (Å²) < 4.78 is 0.829. The Morgan fingerprint density at radius 3 is 2.39 bits per heavy atom. The fourth-order valence-electron chi connectivity index (χ4n) is 1.91. The second kappa shape index (κ2) is 8.74. The van der Waals surface area contributed by atoms with Gasteiger partial charge in [0.05, 0.1) is 17.2 Å². The zero-order valence-electron chi connectivity index (χ0n) is 12.6. The molecule has 2 aromatic rings. The van der Waals surface area contributed by atoms with Crippen LogP contribution in [0.1, 0.15) is 5.56 Å². The second-order valence-corrected chi connectivity index (χ2v) is 6.78. The summed E-state index contributed by atoms with van der Waals surface area (Å²) >= 11 is 4.65. The Balaban J connectivity index is 1.73. The highest BCUT2D eigenvalue weighted by molar-refractivity contribution is 9.10. The molecule has 0 aliphatic heterocycles. The van der Waals surface area contributed by atoms with Gasteiger partial charge < -0.3 is 10.6 Å². The normalized spacial score (nSPS) is 10.2.